The quantitative estimate of drug-likeness (QED) is 0.851. The topological polar surface area (TPSA) is 41.0 Å². The zero-order valence-corrected chi connectivity index (χ0v) is 10.6. The minimum absolute atomic E-state index is 0. The lowest BCUT2D eigenvalue weighted by Crippen LogP contribution is -2.50. The van der Waals surface area contributed by atoms with E-state index in [2.05, 4.69) is 15.3 Å². The maximum absolute atomic E-state index is 12.3. The van der Waals surface area contributed by atoms with Gasteiger partial charge < -0.3 is 10.2 Å². The second-order valence-electron chi connectivity index (χ2n) is 4.02. The lowest BCUT2D eigenvalue weighted by atomic mass is 10.2. The standard InChI is InChI=1S/C10H13F3N4.ClH/c1-7-4-14-2-3-17(7)9-15-5-8(6-16-9)10(11,12)13;/h5-7,14H,2-4H2,1H3;1H/t7-;/m0./s1. The summed E-state index contributed by atoms with van der Waals surface area (Å²) < 4.78 is 37.0. The number of aromatic nitrogens is 2. The summed E-state index contributed by atoms with van der Waals surface area (Å²) >= 11 is 0. The lowest BCUT2D eigenvalue weighted by molar-refractivity contribution is -0.138. The SMILES string of the molecule is C[C@H]1CNCCN1c1ncc(C(F)(F)F)cn1.Cl. The Morgan fingerprint density at radius 2 is 1.94 bits per heavy atom. The van der Waals surface area contributed by atoms with Gasteiger partial charge in [0.1, 0.15) is 0 Å². The van der Waals surface area contributed by atoms with Crippen molar-refractivity contribution < 1.29 is 13.2 Å². The van der Waals surface area contributed by atoms with E-state index in [0.717, 1.165) is 25.5 Å². The first-order chi connectivity index (χ1) is 7.98. The highest BCUT2D eigenvalue weighted by Crippen LogP contribution is 2.28. The van der Waals surface area contributed by atoms with Gasteiger partial charge in [0.2, 0.25) is 5.95 Å². The Hall–Kier alpha value is -1.08. The molecule has 8 heteroatoms. The molecule has 1 N–H and O–H groups in total. The Balaban J connectivity index is 0.00000162. The molecule has 1 aromatic rings. The van der Waals surface area contributed by atoms with E-state index in [4.69, 9.17) is 0 Å². The Labute approximate surface area is 109 Å². The van der Waals surface area contributed by atoms with Crippen LogP contribution >= 0.6 is 12.4 Å². The third-order valence-corrected chi connectivity index (χ3v) is 2.72. The fourth-order valence-electron chi connectivity index (χ4n) is 1.75. The molecule has 1 saturated heterocycles. The lowest BCUT2D eigenvalue weighted by Gasteiger charge is -2.33. The number of nitrogens with one attached hydrogen (secondary N) is 1. The largest absolute Gasteiger partial charge is 0.419 e. The summed E-state index contributed by atoms with van der Waals surface area (Å²) in [5, 5.41) is 3.19. The van der Waals surface area contributed by atoms with Crippen LogP contribution in [0.15, 0.2) is 12.4 Å². The molecule has 0 bridgehead atoms. The van der Waals surface area contributed by atoms with Crippen molar-refractivity contribution in [1.82, 2.24) is 15.3 Å². The van der Waals surface area contributed by atoms with Crippen LogP contribution < -0.4 is 10.2 Å². The van der Waals surface area contributed by atoms with E-state index in [9.17, 15) is 13.2 Å². The summed E-state index contributed by atoms with van der Waals surface area (Å²) in [7, 11) is 0. The molecule has 2 heterocycles. The van der Waals surface area contributed by atoms with E-state index < -0.39 is 11.7 Å². The Morgan fingerprint density at radius 3 is 2.44 bits per heavy atom. The molecule has 0 aromatic carbocycles. The Bertz CT molecular complexity index is 382. The van der Waals surface area contributed by atoms with Crippen molar-refractivity contribution >= 4 is 18.4 Å². The normalized spacial score (nSPS) is 20.4. The average Bonchev–Trinajstić information content (AvgIpc) is 2.29. The van der Waals surface area contributed by atoms with Gasteiger partial charge in [-0.2, -0.15) is 13.2 Å². The Kier molecular flexibility index (Phi) is 4.75. The van der Waals surface area contributed by atoms with E-state index in [0.29, 0.717) is 12.5 Å². The number of rotatable bonds is 1. The van der Waals surface area contributed by atoms with Crippen molar-refractivity contribution in [3.05, 3.63) is 18.0 Å². The highest BCUT2D eigenvalue weighted by atomic mass is 35.5. The zero-order valence-electron chi connectivity index (χ0n) is 9.74. The van der Waals surface area contributed by atoms with Crippen LogP contribution in [0.4, 0.5) is 19.1 Å². The molecule has 0 spiro atoms. The van der Waals surface area contributed by atoms with Crippen LogP contribution in [0.2, 0.25) is 0 Å². The molecule has 1 aliphatic rings. The van der Waals surface area contributed by atoms with Crippen LogP contribution in [0, 0.1) is 0 Å². The number of anilines is 1. The van der Waals surface area contributed by atoms with Crippen LogP contribution in [0.25, 0.3) is 0 Å². The first-order valence-electron chi connectivity index (χ1n) is 5.35. The first-order valence-corrected chi connectivity index (χ1v) is 5.35. The van der Waals surface area contributed by atoms with E-state index in [1.54, 1.807) is 0 Å². The number of hydrogen-bond donors (Lipinski definition) is 1. The molecule has 0 unspecified atom stereocenters. The number of alkyl halides is 3. The summed E-state index contributed by atoms with van der Waals surface area (Å²) in [5.41, 5.74) is -0.816. The second-order valence-corrected chi connectivity index (χ2v) is 4.02. The predicted molar refractivity (Wildman–Crippen MR) is 64.0 cm³/mol. The summed E-state index contributed by atoms with van der Waals surface area (Å²) in [6.45, 7) is 4.25. The fraction of sp³-hybridized carbons (Fsp3) is 0.600. The molecular formula is C10H14ClF3N4. The van der Waals surface area contributed by atoms with E-state index in [1.165, 1.54) is 0 Å². The molecule has 1 fully saturated rings. The van der Waals surface area contributed by atoms with E-state index in [1.807, 2.05) is 11.8 Å². The van der Waals surface area contributed by atoms with Crippen molar-refractivity contribution in [2.24, 2.45) is 0 Å². The van der Waals surface area contributed by atoms with Crippen molar-refractivity contribution in [2.45, 2.75) is 19.1 Å². The van der Waals surface area contributed by atoms with Crippen molar-refractivity contribution in [3.63, 3.8) is 0 Å². The van der Waals surface area contributed by atoms with Gasteiger partial charge in [-0.25, -0.2) is 9.97 Å². The molecule has 1 atom stereocenters. The molecule has 1 aromatic heterocycles. The van der Waals surface area contributed by atoms with Gasteiger partial charge in [0.25, 0.3) is 0 Å². The van der Waals surface area contributed by atoms with E-state index in [-0.39, 0.29) is 18.4 Å². The maximum Gasteiger partial charge on any atom is 0.419 e. The molecule has 0 radical (unpaired) electrons. The summed E-state index contributed by atoms with van der Waals surface area (Å²) in [5.74, 6) is 0.354. The van der Waals surface area contributed by atoms with Crippen LogP contribution in [-0.2, 0) is 6.18 Å². The number of nitrogens with zero attached hydrogens (tertiary/aromatic N) is 3. The summed E-state index contributed by atoms with van der Waals surface area (Å²) in [4.78, 5) is 9.47. The van der Waals surface area contributed by atoms with Gasteiger partial charge in [0.05, 0.1) is 5.56 Å². The predicted octanol–water partition coefficient (Wildman–Crippen LogP) is 1.72. The van der Waals surface area contributed by atoms with Crippen LogP contribution in [0.5, 0.6) is 0 Å². The number of hydrogen-bond acceptors (Lipinski definition) is 4. The first kappa shape index (κ1) is 15.0. The van der Waals surface area contributed by atoms with Gasteiger partial charge in [0.15, 0.2) is 0 Å². The van der Waals surface area contributed by atoms with Gasteiger partial charge in [0, 0.05) is 38.1 Å². The monoisotopic (exact) mass is 282 g/mol. The molecular weight excluding hydrogens is 269 g/mol. The van der Waals surface area contributed by atoms with E-state index >= 15 is 0 Å². The summed E-state index contributed by atoms with van der Waals surface area (Å²) in [6, 6.07) is 0.181. The van der Waals surface area contributed by atoms with Crippen molar-refractivity contribution in [3.8, 4) is 0 Å². The minimum Gasteiger partial charge on any atom is -0.336 e. The van der Waals surface area contributed by atoms with Crippen molar-refractivity contribution in [2.75, 3.05) is 24.5 Å². The third-order valence-electron chi connectivity index (χ3n) is 2.72. The smallest absolute Gasteiger partial charge is 0.336 e. The van der Waals surface area contributed by atoms with Crippen molar-refractivity contribution in [1.29, 1.82) is 0 Å². The van der Waals surface area contributed by atoms with Gasteiger partial charge >= 0.3 is 6.18 Å². The summed E-state index contributed by atoms with van der Waals surface area (Å²) in [6.07, 6.45) is -2.72. The van der Waals surface area contributed by atoms with Gasteiger partial charge in [-0.05, 0) is 6.92 Å². The highest BCUT2D eigenvalue weighted by Gasteiger charge is 2.32. The molecule has 0 saturated carbocycles. The zero-order chi connectivity index (χ0) is 12.5. The van der Waals surface area contributed by atoms with Crippen LogP contribution in [-0.4, -0.2) is 35.6 Å². The third kappa shape index (κ3) is 3.23. The molecule has 2 rings (SSSR count). The molecule has 0 amide bonds. The Morgan fingerprint density at radius 1 is 1.33 bits per heavy atom. The average molecular weight is 283 g/mol. The maximum atomic E-state index is 12.3. The molecule has 0 aliphatic carbocycles. The van der Waals surface area contributed by atoms with Crippen LogP contribution in [0.3, 0.4) is 0 Å². The number of piperazine rings is 1. The van der Waals surface area contributed by atoms with Crippen LogP contribution in [0.1, 0.15) is 12.5 Å². The number of halogens is 4. The second kappa shape index (κ2) is 5.71. The molecule has 4 nitrogen and oxygen atoms in total. The van der Waals surface area contributed by atoms with Gasteiger partial charge in [-0.15, -0.1) is 12.4 Å². The highest BCUT2D eigenvalue weighted by molar-refractivity contribution is 5.85. The van der Waals surface area contributed by atoms with Gasteiger partial charge in [-0.3, -0.25) is 0 Å². The molecule has 1 aliphatic heterocycles. The molecule has 18 heavy (non-hydrogen) atoms. The fourth-order valence-corrected chi connectivity index (χ4v) is 1.75. The van der Waals surface area contributed by atoms with Gasteiger partial charge in [-0.1, -0.05) is 0 Å². The molecule has 102 valence electrons. The minimum atomic E-state index is -4.38.